The summed E-state index contributed by atoms with van der Waals surface area (Å²) in [4.78, 5) is 14.4. The van der Waals surface area contributed by atoms with Crippen LogP contribution in [0.4, 0.5) is 4.39 Å². The molecule has 0 heterocycles. The number of hydrogen-bond donors (Lipinski definition) is 1. The molecule has 2 fully saturated rings. The monoisotopic (exact) mass is 366 g/mol. The van der Waals surface area contributed by atoms with Crippen LogP contribution in [0.15, 0.2) is 35.7 Å². The molecular weight excluding hydrogens is 343 g/mol. The first-order valence-electron chi connectivity index (χ1n) is 8.67. The maximum Gasteiger partial charge on any atom is 0.254 e. The first-order valence-corrected chi connectivity index (χ1v) is 10.1. The predicted molar refractivity (Wildman–Crippen MR) is 93.2 cm³/mol. The zero-order chi connectivity index (χ0) is 18.0. The van der Waals surface area contributed by atoms with Crippen molar-refractivity contribution in [1.82, 2.24) is 9.62 Å². The van der Waals surface area contributed by atoms with Crippen LogP contribution in [-0.4, -0.2) is 37.9 Å². The molecule has 25 heavy (non-hydrogen) atoms. The Labute approximate surface area is 148 Å². The highest BCUT2D eigenvalue weighted by molar-refractivity contribution is 7.89. The lowest BCUT2D eigenvalue weighted by Crippen LogP contribution is -2.40. The standard InChI is InChI=1S/C18H23FN2O3S/c1-2-11-20-25(23,24)17-12-13(7-10-16(17)19)18(22)21(15-8-9-15)14-5-3-4-6-14/h2,7,10,12,14-15,20H,1,3-6,8-9,11H2. The summed E-state index contributed by atoms with van der Waals surface area (Å²) in [6.45, 7) is 3.43. The van der Waals surface area contributed by atoms with E-state index in [1.165, 1.54) is 12.1 Å². The van der Waals surface area contributed by atoms with Gasteiger partial charge in [0.15, 0.2) is 0 Å². The van der Waals surface area contributed by atoms with E-state index in [9.17, 15) is 17.6 Å². The van der Waals surface area contributed by atoms with Crippen LogP contribution in [0.1, 0.15) is 48.9 Å². The minimum atomic E-state index is -4.03. The van der Waals surface area contributed by atoms with Gasteiger partial charge in [-0.1, -0.05) is 18.9 Å². The van der Waals surface area contributed by atoms with Crippen LogP contribution in [-0.2, 0) is 10.0 Å². The quantitative estimate of drug-likeness (QED) is 0.755. The second-order valence-corrected chi connectivity index (χ2v) is 8.40. The Hall–Kier alpha value is -1.73. The van der Waals surface area contributed by atoms with Gasteiger partial charge >= 0.3 is 0 Å². The Morgan fingerprint density at radius 2 is 1.88 bits per heavy atom. The second-order valence-electron chi connectivity index (χ2n) is 6.67. The summed E-state index contributed by atoms with van der Waals surface area (Å²) in [5, 5.41) is 0. The number of amides is 1. The van der Waals surface area contributed by atoms with Gasteiger partial charge in [0, 0.05) is 24.2 Å². The van der Waals surface area contributed by atoms with Crippen LogP contribution in [0.3, 0.4) is 0 Å². The molecule has 5 nitrogen and oxygen atoms in total. The van der Waals surface area contributed by atoms with Crippen molar-refractivity contribution in [1.29, 1.82) is 0 Å². The van der Waals surface area contributed by atoms with Crippen LogP contribution >= 0.6 is 0 Å². The molecule has 2 aliphatic carbocycles. The van der Waals surface area contributed by atoms with Gasteiger partial charge in [-0.2, -0.15) is 0 Å². The van der Waals surface area contributed by atoms with E-state index >= 15 is 0 Å². The molecule has 1 aromatic rings. The highest BCUT2D eigenvalue weighted by Crippen LogP contribution is 2.35. The SMILES string of the molecule is C=CCNS(=O)(=O)c1cc(C(=O)N(C2CCCC2)C2CC2)ccc1F. The number of carbonyl (C=O) groups is 1. The number of sulfonamides is 1. The lowest BCUT2D eigenvalue weighted by atomic mass is 10.1. The average Bonchev–Trinajstić information content (AvgIpc) is 3.27. The van der Waals surface area contributed by atoms with E-state index in [1.54, 1.807) is 0 Å². The van der Waals surface area contributed by atoms with Crippen molar-refractivity contribution in [3.8, 4) is 0 Å². The zero-order valence-corrected chi connectivity index (χ0v) is 14.9. The Kier molecular flexibility index (Phi) is 5.24. The fraction of sp³-hybridized carbons (Fsp3) is 0.500. The molecular formula is C18H23FN2O3S. The fourth-order valence-electron chi connectivity index (χ4n) is 3.40. The largest absolute Gasteiger partial charge is 0.333 e. The molecule has 7 heteroatoms. The fourth-order valence-corrected chi connectivity index (χ4v) is 4.50. The number of rotatable bonds is 7. The van der Waals surface area contributed by atoms with Gasteiger partial charge < -0.3 is 4.90 Å². The lowest BCUT2D eigenvalue weighted by molar-refractivity contribution is 0.0664. The van der Waals surface area contributed by atoms with Gasteiger partial charge in [0.2, 0.25) is 10.0 Å². The van der Waals surface area contributed by atoms with E-state index in [0.717, 1.165) is 50.7 Å². The van der Waals surface area contributed by atoms with Crippen molar-refractivity contribution >= 4 is 15.9 Å². The van der Waals surface area contributed by atoms with Gasteiger partial charge in [0.25, 0.3) is 5.91 Å². The van der Waals surface area contributed by atoms with Gasteiger partial charge in [-0.05, 0) is 43.9 Å². The molecule has 0 aliphatic heterocycles. The van der Waals surface area contributed by atoms with E-state index in [0.29, 0.717) is 0 Å². The van der Waals surface area contributed by atoms with Crippen LogP contribution in [0.2, 0.25) is 0 Å². The van der Waals surface area contributed by atoms with E-state index in [4.69, 9.17) is 0 Å². The Morgan fingerprint density at radius 1 is 1.24 bits per heavy atom. The maximum atomic E-state index is 14.1. The number of benzene rings is 1. The first kappa shape index (κ1) is 18.1. The van der Waals surface area contributed by atoms with Crippen LogP contribution in [0, 0.1) is 5.82 Å². The third kappa shape index (κ3) is 3.93. The molecule has 0 bridgehead atoms. The summed E-state index contributed by atoms with van der Waals surface area (Å²) in [6.07, 6.45) is 7.51. The van der Waals surface area contributed by atoms with E-state index in [1.807, 2.05) is 4.90 Å². The zero-order valence-electron chi connectivity index (χ0n) is 14.1. The van der Waals surface area contributed by atoms with Crippen molar-refractivity contribution in [2.75, 3.05) is 6.54 Å². The third-order valence-electron chi connectivity index (χ3n) is 4.78. The summed E-state index contributed by atoms with van der Waals surface area (Å²) >= 11 is 0. The van der Waals surface area contributed by atoms with Gasteiger partial charge in [-0.15, -0.1) is 6.58 Å². The van der Waals surface area contributed by atoms with Crippen molar-refractivity contribution in [2.24, 2.45) is 0 Å². The normalized spacial score (nSPS) is 18.3. The maximum absolute atomic E-state index is 14.1. The Balaban J connectivity index is 1.90. The number of halogens is 1. The molecule has 1 aromatic carbocycles. The highest BCUT2D eigenvalue weighted by Gasteiger charge is 2.39. The molecule has 0 atom stereocenters. The molecule has 136 valence electrons. The van der Waals surface area contributed by atoms with Crippen molar-refractivity contribution < 1.29 is 17.6 Å². The van der Waals surface area contributed by atoms with Crippen molar-refractivity contribution in [3.05, 3.63) is 42.2 Å². The van der Waals surface area contributed by atoms with E-state index in [-0.39, 0.29) is 30.1 Å². The van der Waals surface area contributed by atoms with Gasteiger partial charge in [0.1, 0.15) is 10.7 Å². The number of carbonyl (C=O) groups excluding carboxylic acids is 1. The summed E-state index contributed by atoms with van der Waals surface area (Å²) < 4.78 is 40.8. The topological polar surface area (TPSA) is 66.5 Å². The highest BCUT2D eigenvalue weighted by atomic mass is 32.2. The molecule has 1 amide bonds. The minimum Gasteiger partial charge on any atom is -0.333 e. The number of nitrogens with zero attached hydrogens (tertiary/aromatic N) is 1. The Bertz CT molecular complexity index is 769. The van der Waals surface area contributed by atoms with Gasteiger partial charge in [-0.25, -0.2) is 17.5 Å². The average molecular weight is 366 g/mol. The third-order valence-corrected chi connectivity index (χ3v) is 6.22. The van der Waals surface area contributed by atoms with Gasteiger partial charge in [-0.3, -0.25) is 4.79 Å². The summed E-state index contributed by atoms with van der Waals surface area (Å²) in [5.74, 6) is -1.07. The lowest BCUT2D eigenvalue weighted by Gasteiger charge is -2.29. The molecule has 1 N–H and O–H groups in total. The molecule has 2 saturated carbocycles. The van der Waals surface area contributed by atoms with E-state index < -0.39 is 20.7 Å². The summed E-state index contributed by atoms with van der Waals surface area (Å²) in [5.41, 5.74) is 0.221. The Morgan fingerprint density at radius 3 is 2.48 bits per heavy atom. The second kappa shape index (κ2) is 7.25. The van der Waals surface area contributed by atoms with E-state index in [2.05, 4.69) is 11.3 Å². The summed E-state index contributed by atoms with van der Waals surface area (Å²) in [7, 11) is -4.03. The minimum absolute atomic E-state index is 0.00375. The molecule has 2 aliphatic rings. The molecule has 0 aromatic heterocycles. The predicted octanol–water partition coefficient (Wildman–Crippen LogP) is 2.84. The molecule has 0 unspecified atom stereocenters. The van der Waals surface area contributed by atoms with Crippen LogP contribution in [0.5, 0.6) is 0 Å². The molecule has 0 radical (unpaired) electrons. The molecule has 0 saturated heterocycles. The van der Waals surface area contributed by atoms with Crippen LogP contribution < -0.4 is 4.72 Å². The summed E-state index contributed by atoms with van der Waals surface area (Å²) in [6, 6.07) is 4.01. The van der Waals surface area contributed by atoms with Crippen LogP contribution in [0.25, 0.3) is 0 Å². The number of nitrogens with one attached hydrogen (secondary N) is 1. The molecule has 3 rings (SSSR count). The molecule has 0 spiro atoms. The smallest absolute Gasteiger partial charge is 0.254 e. The van der Waals surface area contributed by atoms with Crippen molar-refractivity contribution in [2.45, 2.75) is 55.5 Å². The van der Waals surface area contributed by atoms with Crippen molar-refractivity contribution in [3.63, 3.8) is 0 Å². The number of hydrogen-bond acceptors (Lipinski definition) is 3. The first-order chi connectivity index (χ1) is 11.9. The van der Waals surface area contributed by atoms with Gasteiger partial charge in [0.05, 0.1) is 0 Å².